The zero-order chi connectivity index (χ0) is 16.2. The summed E-state index contributed by atoms with van der Waals surface area (Å²) in [5, 5.41) is 2.40. The maximum atomic E-state index is 13.6. The fourth-order valence-corrected chi connectivity index (χ4v) is 1.67. The first kappa shape index (κ1) is 17.3. The number of ether oxygens (including phenoxy) is 1. The number of benzene rings is 1. The van der Waals surface area contributed by atoms with Crippen molar-refractivity contribution in [3.63, 3.8) is 0 Å². The minimum absolute atomic E-state index is 0.0748. The summed E-state index contributed by atoms with van der Waals surface area (Å²) in [5.41, 5.74) is 4.30. The number of alkyl carbamates (subject to hydrolysis) is 1. The smallest absolute Gasteiger partial charge is 0.407 e. The molecular weight excluding hydrogens is 285 g/mol. The van der Waals surface area contributed by atoms with Crippen LogP contribution in [0.1, 0.15) is 26.3 Å². The predicted octanol–water partition coefficient (Wildman–Crippen LogP) is 2.50. The minimum Gasteiger partial charge on any atom is -0.444 e. The Labute approximate surface area is 121 Å². The van der Waals surface area contributed by atoms with Crippen LogP contribution in [0.3, 0.4) is 0 Å². The molecule has 3 N–H and O–H groups in total. The molecule has 0 spiro atoms. The molecule has 1 atom stereocenters. The van der Waals surface area contributed by atoms with Crippen molar-refractivity contribution < 1.29 is 22.7 Å². The summed E-state index contributed by atoms with van der Waals surface area (Å²) in [6.07, 6.45) is -1.03. The molecule has 0 aliphatic heterocycles. The lowest BCUT2D eigenvalue weighted by Gasteiger charge is -2.23. The van der Waals surface area contributed by atoms with Crippen LogP contribution < -0.4 is 11.1 Å². The van der Waals surface area contributed by atoms with Gasteiger partial charge in [0.2, 0.25) is 0 Å². The number of carbonyl (C=O) groups excluding carboxylic acids is 1. The van der Waals surface area contributed by atoms with Crippen molar-refractivity contribution in [3.05, 3.63) is 35.1 Å². The molecule has 21 heavy (non-hydrogen) atoms. The number of amides is 1. The molecule has 0 aliphatic carbocycles. The predicted molar refractivity (Wildman–Crippen MR) is 72.2 cm³/mol. The van der Waals surface area contributed by atoms with E-state index < -0.39 is 40.8 Å². The molecule has 0 radical (unpaired) electrons. The number of rotatable bonds is 4. The van der Waals surface area contributed by atoms with Crippen LogP contribution in [-0.4, -0.2) is 24.3 Å². The summed E-state index contributed by atoms with van der Waals surface area (Å²) in [4.78, 5) is 11.6. The number of nitrogens with one attached hydrogen (secondary N) is 1. The van der Waals surface area contributed by atoms with Crippen LogP contribution in [-0.2, 0) is 11.2 Å². The van der Waals surface area contributed by atoms with E-state index in [1.165, 1.54) is 0 Å². The zero-order valence-corrected chi connectivity index (χ0v) is 12.2. The number of hydrogen-bond acceptors (Lipinski definition) is 3. The molecule has 1 amide bonds. The van der Waals surface area contributed by atoms with Crippen LogP contribution in [0.2, 0.25) is 0 Å². The van der Waals surface area contributed by atoms with Gasteiger partial charge in [0.1, 0.15) is 11.4 Å². The van der Waals surface area contributed by atoms with Gasteiger partial charge >= 0.3 is 6.09 Å². The molecule has 0 heterocycles. The molecule has 1 aromatic rings. The number of halogens is 3. The average molecular weight is 304 g/mol. The van der Waals surface area contributed by atoms with Gasteiger partial charge in [-0.15, -0.1) is 0 Å². The van der Waals surface area contributed by atoms with Gasteiger partial charge in [0.05, 0.1) is 0 Å². The van der Waals surface area contributed by atoms with E-state index >= 15 is 0 Å². The van der Waals surface area contributed by atoms with Crippen LogP contribution in [0, 0.1) is 17.5 Å². The Bertz CT molecular complexity index is 516. The molecular formula is C14H19F3N2O2. The van der Waals surface area contributed by atoms with Crippen molar-refractivity contribution in [3.8, 4) is 0 Å². The van der Waals surface area contributed by atoms with Gasteiger partial charge in [-0.1, -0.05) is 0 Å². The van der Waals surface area contributed by atoms with E-state index in [4.69, 9.17) is 10.5 Å². The summed E-state index contributed by atoms with van der Waals surface area (Å²) in [5.74, 6) is -3.32. The van der Waals surface area contributed by atoms with Gasteiger partial charge < -0.3 is 15.8 Å². The second-order valence-corrected chi connectivity index (χ2v) is 5.60. The van der Waals surface area contributed by atoms with E-state index in [1.54, 1.807) is 20.8 Å². The van der Waals surface area contributed by atoms with E-state index in [-0.39, 0.29) is 13.0 Å². The maximum absolute atomic E-state index is 13.6. The van der Waals surface area contributed by atoms with Crippen LogP contribution in [0.25, 0.3) is 0 Å². The zero-order valence-electron chi connectivity index (χ0n) is 12.2. The summed E-state index contributed by atoms with van der Waals surface area (Å²) >= 11 is 0. The lowest BCUT2D eigenvalue weighted by molar-refractivity contribution is 0.0505. The topological polar surface area (TPSA) is 64.3 Å². The maximum Gasteiger partial charge on any atom is 0.407 e. The number of carbonyl (C=O) groups is 1. The van der Waals surface area contributed by atoms with Crippen molar-refractivity contribution in [2.24, 2.45) is 5.73 Å². The fraction of sp³-hybridized carbons (Fsp3) is 0.500. The third-order valence-electron chi connectivity index (χ3n) is 2.59. The van der Waals surface area contributed by atoms with Crippen molar-refractivity contribution in [1.29, 1.82) is 0 Å². The highest BCUT2D eigenvalue weighted by atomic mass is 19.2. The summed E-state index contributed by atoms with van der Waals surface area (Å²) in [6.45, 7) is 4.95. The standard InChI is InChI=1S/C14H19F3N2O2/c1-14(2,3)21-13(20)19-8(7-18)6-9-10(15)4-5-11(16)12(9)17/h4-5,8H,6-7,18H2,1-3H3,(H,19,20). The van der Waals surface area contributed by atoms with Crippen LogP contribution >= 0.6 is 0 Å². The molecule has 4 nitrogen and oxygen atoms in total. The molecule has 0 saturated carbocycles. The highest BCUT2D eigenvalue weighted by Gasteiger charge is 2.22. The molecule has 1 unspecified atom stereocenters. The Hall–Kier alpha value is -1.76. The van der Waals surface area contributed by atoms with Gasteiger partial charge in [-0.2, -0.15) is 0 Å². The van der Waals surface area contributed by atoms with Gasteiger partial charge in [-0.05, 0) is 39.3 Å². The fourth-order valence-electron chi connectivity index (χ4n) is 1.67. The first-order valence-corrected chi connectivity index (χ1v) is 6.46. The molecule has 0 saturated heterocycles. The lowest BCUT2D eigenvalue weighted by Crippen LogP contribution is -2.44. The Morgan fingerprint density at radius 2 is 1.86 bits per heavy atom. The molecule has 1 rings (SSSR count). The first-order chi connectivity index (χ1) is 9.64. The Morgan fingerprint density at radius 1 is 1.29 bits per heavy atom. The van der Waals surface area contributed by atoms with Gasteiger partial charge in [0.25, 0.3) is 0 Å². The molecule has 0 aromatic heterocycles. The van der Waals surface area contributed by atoms with Crippen molar-refractivity contribution >= 4 is 6.09 Å². The third-order valence-corrected chi connectivity index (χ3v) is 2.59. The number of nitrogens with two attached hydrogens (primary N) is 1. The second kappa shape index (κ2) is 6.80. The Morgan fingerprint density at radius 3 is 2.38 bits per heavy atom. The Kier molecular flexibility index (Phi) is 5.60. The van der Waals surface area contributed by atoms with Gasteiger partial charge in [0.15, 0.2) is 11.6 Å². The average Bonchev–Trinajstić information content (AvgIpc) is 2.35. The molecule has 0 fully saturated rings. The van der Waals surface area contributed by atoms with Gasteiger partial charge in [-0.3, -0.25) is 0 Å². The van der Waals surface area contributed by atoms with Crippen LogP contribution in [0.15, 0.2) is 12.1 Å². The first-order valence-electron chi connectivity index (χ1n) is 6.46. The summed E-state index contributed by atoms with van der Waals surface area (Å²) in [6, 6.07) is 0.757. The van der Waals surface area contributed by atoms with Crippen LogP contribution in [0.4, 0.5) is 18.0 Å². The third kappa shape index (κ3) is 5.26. The largest absolute Gasteiger partial charge is 0.444 e. The van der Waals surface area contributed by atoms with E-state index in [9.17, 15) is 18.0 Å². The van der Waals surface area contributed by atoms with E-state index in [0.717, 1.165) is 6.07 Å². The molecule has 0 bridgehead atoms. The molecule has 1 aromatic carbocycles. The second-order valence-electron chi connectivity index (χ2n) is 5.60. The molecule has 0 aliphatic rings. The Balaban J connectivity index is 2.80. The monoisotopic (exact) mass is 304 g/mol. The highest BCUT2D eigenvalue weighted by Crippen LogP contribution is 2.17. The van der Waals surface area contributed by atoms with Crippen molar-refractivity contribution in [1.82, 2.24) is 5.32 Å². The van der Waals surface area contributed by atoms with Crippen molar-refractivity contribution in [2.75, 3.05) is 6.54 Å². The quantitative estimate of drug-likeness (QED) is 0.840. The van der Waals surface area contributed by atoms with Crippen LogP contribution in [0.5, 0.6) is 0 Å². The summed E-state index contributed by atoms with van der Waals surface area (Å²) < 4.78 is 45.3. The molecule has 7 heteroatoms. The molecule has 118 valence electrons. The van der Waals surface area contributed by atoms with E-state index in [0.29, 0.717) is 6.07 Å². The lowest BCUT2D eigenvalue weighted by atomic mass is 10.0. The van der Waals surface area contributed by atoms with E-state index in [2.05, 4.69) is 5.32 Å². The summed E-state index contributed by atoms with van der Waals surface area (Å²) in [7, 11) is 0. The van der Waals surface area contributed by atoms with Gasteiger partial charge in [0, 0.05) is 18.2 Å². The van der Waals surface area contributed by atoms with Crippen molar-refractivity contribution in [2.45, 2.75) is 38.8 Å². The highest BCUT2D eigenvalue weighted by molar-refractivity contribution is 5.68. The minimum atomic E-state index is -1.28. The number of hydrogen-bond donors (Lipinski definition) is 2. The SMILES string of the molecule is CC(C)(C)OC(=O)NC(CN)Cc1c(F)ccc(F)c1F. The normalized spacial score (nSPS) is 12.9. The van der Waals surface area contributed by atoms with E-state index in [1.807, 2.05) is 0 Å². The van der Waals surface area contributed by atoms with Gasteiger partial charge in [-0.25, -0.2) is 18.0 Å².